The average Bonchev–Trinajstić information content (AvgIpc) is 3.26. The van der Waals surface area contributed by atoms with Crippen molar-refractivity contribution >= 4 is 16.0 Å². The maximum Gasteiger partial charge on any atom is 0.343 e. The fourth-order valence-corrected chi connectivity index (χ4v) is 5.25. The third kappa shape index (κ3) is 3.88. The number of methoxy groups -OCH3 is 1. The first-order valence-electron chi connectivity index (χ1n) is 9.62. The predicted octanol–water partition coefficient (Wildman–Crippen LogP) is 1.44. The second-order valence-corrected chi connectivity index (χ2v) is 9.12. The molecule has 2 aromatic rings. The van der Waals surface area contributed by atoms with Crippen molar-refractivity contribution in [3.8, 4) is 11.5 Å². The van der Waals surface area contributed by atoms with Crippen molar-refractivity contribution in [1.29, 1.82) is 0 Å². The lowest BCUT2D eigenvalue weighted by molar-refractivity contribution is -0.142. The molecule has 1 saturated carbocycles. The summed E-state index contributed by atoms with van der Waals surface area (Å²) in [4.78, 5) is 11.6. The highest BCUT2D eigenvalue weighted by atomic mass is 32.2. The number of rotatable bonds is 7. The minimum atomic E-state index is -3.68. The zero-order chi connectivity index (χ0) is 21.3. The predicted molar refractivity (Wildman–Crippen MR) is 107 cm³/mol. The highest BCUT2D eigenvalue weighted by molar-refractivity contribution is 7.89. The summed E-state index contributed by atoms with van der Waals surface area (Å²) in [6.07, 6.45) is -0.608. The Morgan fingerprint density at radius 1 is 1.20 bits per heavy atom. The lowest BCUT2D eigenvalue weighted by Crippen LogP contribution is -2.34. The molecular formula is C21H23NO7S. The standard InChI is InChI=1S/C21H23NO7S/c1-27-19(24)12-28-17-9-5-8-14-20-15(16(23)10-18(20)29-21(14)17)11-22-30(25,26)13-6-3-2-4-7-13/h2-9,15-16,18,20,22-23H,10-12H2,1H3. The van der Waals surface area contributed by atoms with Gasteiger partial charge in [0.2, 0.25) is 10.0 Å². The topological polar surface area (TPSA) is 111 Å². The Morgan fingerprint density at radius 2 is 1.97 bits per heavy atom. The molecule has 30 heavy (non-hydrogen) atoms. The van der Waals surface area contributed by atoms with Gasteiger partial charge in [-0.3, -0.25) is 0 Å². The lowest BCUT2D eigenvalue weighted by Gasteiger charge is -2.21. The van der Waals surface area contributed by atoms with Gasteiger partial charge in [-0.15, -0.1) is 0 Å². The Hall–Kier alpha value is -2.62. The van der Waals surface area contributed by atoms with E-state index in [1.54, 1.807) is 30.3 Å². The molecule has 0 spiro atoms. The molecule has 1 fully saturated rings. The van der Waals surface area contributed by atoms with Crippen LogP contribution >= 0.6 is 0 Å². The second-order valence-electron chi connectivity index (χ2n) is 7.35. The van der Waals surface area contributed by atoms with Gasteiger partial charge in [-0.05, 0) is 18.2 Å². The molecule has 4 atom stereocenters. The van der Waals surface area contributed by atoms with Crippen LogP contribution in [-0.4, -0.2) is 52.0 Å². The first-order valence-corrected chi connectivity index (χ1v) is 11.1. The number of esters is 1. The van der Waals surface area contributed by atoms with Crippen molar-refractivity contribution in [2.75, 3.05) is 20.3 Å². The number of aliphatic hydroxyl groups is 1. The Labute approximate surface area is 174 Å². The summed E-state index contributed by atoms with van der Waals surface area (Å²) in [5, 5.41) is 10.6. The first-order chi connectivity index (χ1) is 14.4. The average molecular weight is 433 g/mol. The highest BCUT2D eigenvalue weighted by Crippen LogP contribution is 2.53. The number of nitrogens with one attached hydrogen (secondary N) is 1. The molecule has 0 radical (unpaired) electrons. The quantitative estimate of drug-likeness (QED) is 0.636. The summed E-state index contributed by atoms with van der Waals surface area (Å²) in [7, 11) is -2.40. The maximum absolute atomic E-state index is 12.6. The van der Waals surface area contributed by atoms with E-state index in [1.165, 1.54) is 19.2 Å². The summed E-state index contributed by atoms with van der Waals surface area (Å²) in [6, 6.07) is 13.5. The summed E-state index contributed by atoms with van der Waals surface area (Å²) in [5.41, 5.74) is 0.836. The highest BCUT2D eigenvalue weighted by Gasteiger charge is 2.50. The molecule has 0 saturated heterocycles. The van der Waals surface area contributed by atoms with E-state index in [4.69, 9.17) is 9.47 Å². The Balaban J connectivity index is 1.52. The zero-order valence-electron chi connectivity index (χ0n) is 16.4. The van der Waals surface area contributed by atoms with Crippen molar-refractivity contribution in [2.45, 2.75) is 29.4 Å². The second kappa shape index (κ2) is 8.25. The number of fused-ring (bicyclic) bond motifs is 3. The van der Waals surface area contributed by atoms with Crippen LogP contribution in [-0.2, 0) is 19.6 Å². The van der Waals surface area contributed by atoms with Crippen LogP contribution in [0.25, 0.3) is 0 Å². The fraction of sp³-hybridized carbons (Fsp3) is 0.381. The van der Waals surface area contributed by atoms with Crippen LogP contribution in [0.5, 0.6) is 11.5 Å². The molecule has 2 aliphatic rings. The van der Waals surface area contributed by atoms with E-state index < -0.39 is 22.1 Å². The summed E-state index contributed by atoms with van der Waals surface area (Å²) < 4.78 is 43.9. The van der Waals surface area contributed by atoms with Gasteiger partial charge in [0.25, 0.3) is 0 Å². The van der Waals surface area contributed by atoms with Crippen molar-refractivity contribution in [1.82, 2.24) is 4.72 Å². The molecule has 2 N–H and O–H groups in total. The number of carbonyl (C=O) groups is 1. The van der Waals surface area contributed by atoms with Gasteiger partial charge in [-0.25, -0.2) is 17.9 Å². The number of carbonyl (C=O) groups excluding carboxylic acids is 1. The van der Waals surface area contributed by atoms with Crippen LogP contribution in [0.3, 0.4) is 0 Å². The van der Waals surface area contributed by atoms with Gasteiger partial charge in [0.15, 0.2) is 18.1 Å². The van der Waals surface area contributed by atoms with Gasteiger partial charge in [-0.1, -0.05) is 30.3 Å². The van der Waals surface area contributed by atoms with Crippen molar-refractivity contribution in [3.05, 3.63) is 54.1 Å². The Kier molecular flexibility index (Phi) is 5.68. The van der Waals surface area contributed by atoms with Gasteiger partial charge < -0.3 is 19.3 Å². The number of hydrogen-bond donors (Lipinski definition) is 2. The minimum absolute atomic E-state index is 0.0790. The number of aliphatic hydroxyl groups excluding tert-OH is 1. The molecule has 160 valence electrons. The van der Waals surface area contributed by atoms with Crippen LogP contribution in [0.4, 0.5) is 0 Å². The van der Waals surface area contributed by atoms with Crippen LogP contribution in [0.1, 0.15) is 17.9 Å². The van der Waals surface area contributed by atoms with Crippen LogP contribution in [0, 0.1) is 5.92 Å². The van der Waals surface area contributed by atoms with Gasteiger partial charge in [0.1, 0.15) is 6.10 Å². The lowest BCUT2D eigenvalue weighted by atomic mass is 9.88. The number of sulfonamides is 1. The number of ether oxygens (including phenoxy) is 3. The van der Waals surface area contributed by atoms with E-state index in [1.807, 2.05) is 6.07 Å². The van der Waals surface area contributed by atoms with E-state index in [0.29, 0.717) is 17.9 Å². The van der Waals surface area contributed by atoms with Gasteiger partial charge >= 0.3 is 5.97 Å². The molecule has 4 unspecified atom stereocenters. The van der Waals surface area contributed by atoms with Crippen molar-refractivity contribution in [2.24, 2.45) is 5.92 Å². The molecule has 1 heterocycles. The van der Waals surface area contributed by atoms with E-state index in [2.05, 4.69) is 9.46 Å². The summed E-state index contributed by atoms with van der Waals surface area (Å²) in [5.74, 6) is -0.0974. The molecule has 0 amide bonds. The van der Waals surface area contributed by atoms with Crippen LogP contribution < -0.4 is 14.2 Å². The third-order valence-electron chi connectivity index (χ3n) is 5.60. The third-order valence-corrected chi connectivity index (χ3v) is 7.04. The molecule has 4 rings (SSSR count). The SMILES string of the molecule is COC(=O)COc1cccc2c1OC1CC(O)C(CNS(=O)(=O)c3ccccc3)C21. The summed E-state index contributed by atoms with van der Waals surface area (Å²) >= 11 is 0. The number of para-hydroxylation sites is 1. The van der Waals surface area contributed by atoms with Gasteiger partial charge in [-0.2, -0.15) is 0 Å². The molecular weight excluding hydrogens is 410 g/mol. The molecule has 1 aliphatic carbocycles. The Morgan fingerprint density at radius 3 is 2.70 bits per heavy atom. The zero-order valence-corrected chi connectivity index (χ0v) is 17.2. The monoisotopic (exact) mass is 433 g/mol. The fourth-order valence-electron chi connectivity index (χ4n) is 4.16. The molecule has 8 nitrogen and oxygen atoms in total. The van der Waals surface area contributed by atoms with E-state index in [-0.39, 0.29) is 36.0 Å². The normalized spacial score (nSPS) is 24.6. The van der Waals surface area contributed by atoms with Crippen LogP contribution in [0.2, 0.25) is 0 Å². The number of hydrogen-bond acceptors (Lipinski definition) is 7. The van der Waals surface area contributed by atoms with E-state index >= 15 is 0 Å². The van der Waals surface area contributed by atoms with E-state index in [0.717, 1.165) is 5.56 Å². The molecule has 1 aliphatic heterocycles. The largest absolute Gasteiger partial charge is 0.485 e. The Bertz CT molecular complexity index is 1020. The van der Waals surface area contributed by atoms with E-state index in [9.17, 15) is 18.3 Å². The molecule has 0 aromatic heterocycles. The van der Waals surface area contributed by atoms with Crippen molar-refractivity contribution < 1.29 is 32.5 Å². The summed E-state index contributed by atoms with van der Waals surface area (Å²) in [6.45, 7) is -0.163. The van der Waals surface area contributed by atoms with Crippen molar-refractivity contribution in [3.63, 3.8) is 0 Å². The van der Waals surface area contributed by atoms with Gasteiger partial charge in [0, 0.05) is 30.4 Å². The first kappa shape index (κ1) is 20.6. The smallest absolute Gasteiger partial charge is 0.343 e. The molecule has 2 aromatic carbocycles. The molecule has 9 heteroatoms. The molecule has 0 bridgehead atoms. The van der Waals surface area contributed by atoms with Gasteiger partial charge in [0.05, 0.1) is 18.1 Å². The minimum Gasteiger partial charge on any atom is -0.485 e. The van der Waals surface area contributed by atoms with Crippen LogP contribution in [0.15, 0.2) is 53.4 Å². The maximum atomic E-state index is 12.6. The number of benzene rings is 2.